The van der Waals surface area contributed by atoms with Crippen LogP contribution in [0.5, 0.6) is 0 Å². The second-order valence-corrected chi connectivity index (χ2v) is 4.37. The Bertz CT molecular complexity index is 398. The normalized spacial score (nSPS) is 16.9. The van der Waals surface area contributed by atoms with E-state index in [9.17, 15) is 4.79 Å². The van der Waals surface area contributed by atoms with Crippen LogP contribution in [0, 0.1) is 6.92 Å². The van der Waals surface area contributed by atoms with Crippen LogP contribution < -0.4 is 11.1 Å². The fourth-order valence-electron chi connectivity index (χ4n) is 1.97. The molecule has 1 aromatic rings. The van der Waals surface area contributed by atoms with Gasteiger partial charge in [0.2, 0.25) is 0 Å². The lowest BCUT2D eigenvalue weighted by atomic mass is 10.3. The smallest absolute Gasteiger partial charge is 0.323 e. The van der Waals surface area contributed by atoms with Gasteiger partial charge in [-0.2, -0.15) is 0 Å². The molecule has 0 spiro atoms. The number of rotatable bonds is 3. The first-order chi connectivity index (χ1) is 8.69. The number of nitrogens with one attached hydrogen (secondary N) is 1. The Labute approximate surface area is 106 Å². The summed E-state index contributed by atoms with van der Waals surface area (Å²) in [6.07, 6.45) is 0. The molecule has 100 valence electrons. The summed E-state index contributed by atoms with van der Waals surface area (Å²) in [5.74, 6) is 1.14. The number of piperazine rings is 1. The first-order valence-corrected chi connectivity index (χ1v) is 6.10. The van der Waals surface area contributed by atoms with Gasteiger partial charge in [0.15, 0.2) is 5.82 Å². The largest absolute Gasteiger partial charge is 0.360 e. The van der Waals surface area contributed by atoms with Crippen molar-refractivity contribution in [1.82, 2.24) is 15.0 Å². The van der Waals surface area contributed by atoms with E-state index in [0.29, 0.717) is 31.2 Å². The maximum absolute atomic E-state index is 11.9. The van der Waals surface area contributed by atoms with Gasteiger partial charge in [-0.25, -0.2) is 4.79 Å². The van der Waals surface area contributed by atoms with Crippen molar-refractivity contribution in [2.24, 2.45) is 5.73 Å². The molecule has 1 aliphatic heterocycles. The SMILES string of the molecule is Cc1cc(NC(=O)N2CCN(CCN)CC2)no1. The lowest BCUT2D eigenvalue weighted by Crippen LogP contribution is -2.50. The van der Waals surface area contributed by atoms with Crippen molar-refractivity contribution in [3.05, 3.63) is 11.8 Å². The molecule has 18 heavy (non-hydrogen) atoms. The number of aryl methyl sites for hydroxylation is 1. The molecule has 0 bridgehead atoms. The molecule has 1 fully saturated rings. The molecule has 0 aromatic carbocycles. The number of carbonyl (C=O) groups is 1. The summed E-state index contributed by atoms with van der Waals surface area (Å²) in [5.41, 5.74) is 5.51. The average Bonchev–Trinajstić information content (AvgIpc) is 2.76. The van der Waals surface area contributed by atoms with Crippen LogP contribution in [0.3, 0.4) is 0 Å². The number of carbonyl (C=O) groups excluding carboxylic acids is 1. The van der Waals surface area contributed by atoms with Crippen LogP contribution in [0.2, 0.25) is 0 Å². The predicted molar refractivity (Wildman–Crippen MR) is 67.3 cm³/mol. The van der Waals surface area contributed by atoms with Crippen molar-refractivity contribution in [3.63, 3.8) is 0 Å². The van der Waals surface area contributed by atoms with Gasteiger partial charge < -0.3 is 15.2 Å². The Morgan fingerprint density at radius 3 is 2.78 bits per heavy atom. The van der Waals surface area contributed by atoms with Gasteiger partial charge in [0.1, 0.15) is 5.76 Å². The summed E-state index contributed by atoms with van der Waals surface area (Å²) in [4.78, 5) is 16.0. The van der Waals surface area contributed by atoms with Gasteiger partial charge in [-0.05, 0) is 6.92 Å². The second kappa shape index (κ2) is 5.83. The van der Waals surface area contributed by atoms with Crippen molar-refractivity contribution >= 4 is 11.8 Å². The van der Waals surface area contributed by atoms with Gasteiger partial charge in [-0.3, -0.25) is 10.2 Å². The number of anilines is 1. The average molecular weight is 253 g/mol. The van der Waals surface area contributed by atoms with E-state index in [0.717, 1.165) is 19.6 Å². The summed E-state index contributed by atoms with van der Waals surface area (Å²) in [6, 6.07) is 1.57. The first-order valence-electron chi connectivity index (χ1n) is 6.10. The monoisotopic (exact) mass is 253 g/mol. The standard InChI is InChI=1S/C11H19N5O2/c1-9-8-10(14-18-9)13-11(17)16-6-4-15(3-2-12)5-7-16/h8H,2-7,12H2,1H3,(H,13,14,17). The Morgan fingerprint density at radius 2 is 2.22 bits per heavy atom. The van der Waals surface area contributed by atoms with Gasteiger partial charge in [-0.15, -0.1) is 0 Å². The topological polar surface area (TPSA) is 87.6 Å². The highest BCUT2D eigenvalue weighted by molar-refractivity contribution is 5.88. The highest BCUT2D eigenvalue weighted by Gasteiger charge is 2.21. The Balaban J connectivity index is 1.80. The zero-order chi connectivity index (χ0) is 13.0. The minimum Gasteiger partial charge on any atom is -0.360 e. The van der Waals surface area contributed by atoms with E-state index in [2.05, 4.69) is 15.4 Å². The molecule has 1 saturated heterocycles. The molecular formula is C11H19N5O2. The Kier molecular flexibility index (Phi) is 4.16. The van der Waals surface area contributed by atoms with Crippen molar-refractivity contribution in [2.45, 2.75) is 6.92 Å². The molecule has 0 unspecified atom stereocenters. The number of hydrogen-bond donors (Lipinski definition) is 2. The van der Waals surface area contributed by atoms with Crippen LogP contribution in [-0.4, -0.2) is 60.3 Å². The van der Waals surface area contributed by atoms with Crippen LogP contribution in [0.25, 0.3) is 0 Å². The number of amides is 2. The number of nitrogens with two attached hydrogens (primary N) is 1. The Hall–Kier alpha value is -1.60. The molecule has 2 amide bonds. The third-order valence-electron chi connectivity index (χ3n) is 2.97. The third kappa shape index (κ3) is 3.21. The minimum absolute atomic E-state index is 0.129. The van der Waals surface area contributed by atoms with Crippen LogP contribution in [0.15, 0.2) is 10.6 Å². The van der Waals surface area contributed by atoms with Crippen LogP contribution >= 0.6 is 0 Å². The molecule has 2 heterocycles. The van der Waals surface area contributed by atoms with Crippen molar-refractivity contribution in [2.75, 3.05) is 44.6 Å². The lowest BCUT2D eigenvalue weighted by Gasteiger charge is -2.34. The quantitative estimate of drug-likeness (QED) is 0.797. The van der Waals surface area contributed by atoms with Crippen LogP contribution in [-0.2, 0) is 0 Å². The molecule has 7 heteroatoms. The van der Waals surface area contributed by atoms with Gasteiger partial charge in [-0.1, -0.05) is 5.16 Å². The summed E-state index contributed by atoms with van der Waals surface area (Å²) in [5, 5.41) is 6.45. The fraction of sp³-hybridized carbons (Fsp3) is 0.636. The van der Waals surface area contributed by atoms with Crippen molar-refractivity contribution in [3.8, 4) is 0 Å². The van der Waals surface area contributed by atoms with E-state index in [4.69, 9.17) is 10.3 Å². The number of nitrogens with zero attached hydrogens (tertiary/aromatic N) is 3. The number of hydrogen-bond acceptors (Lipinski definition) is 5. The van der Waals surface area contributed by atoms with E-state index >= 15 is 0 Å². The molecule has 1 aromatic heterocycles. The second-order valence-electron chi connectivity index (χ2n) is 4.37. The first kappa shape index (κ1) is 12.8. The highest BCUT2D eigenvalue weighted by atomic mass is 16.5. The Morgan fingerprint density at radius 1 is 1.50 bits per heavy atom. The molecular weight excluding hydrogens is 234 g/mol. The molecule has 7 nitrogen and oxygen atoms in total. The molecule has 2 rings (SSSR count). The van der Waals surface area contributed by atoms with E-state index < -0.39 is 0 Å². The summed E-state index contributed by atoms with van der Waals surface area (Å²) in [7, 11) is 0. The number of aromatic nitrogens is 1. The lowest BCUT2D eigenvalue weighted by molar-refractivity contribution is 0.149. The van der Waals surface area contributed by atoms with Crippen LogP contribution in [0.1, 0.15) is 5.76 Å². The van der Waals surface area contributed by atoms with Gasteiger partial charge >= 0.3 is 6.03 Å². The van der Waals surface area contributed by atoms with E-state index in [-0.39, 0.29) is 6.03 Å². The van der Waals surface area contributed by atoms with Gasteiger partial charge in [0.25, 0.3) is 0 Å². The molecule has 3 N–H and O–H groups in total. The van der Waals surface area contributed by atoms with E-state index in [1.54, 1.807) is 17.9 Å². The third-order valence-corrected chi connectivity index (χ3v) is 2.97. The maximum Gasteiger partial charge on any atom is 0.323 e. The van der Waals surface area contributed by atoms with Crippen molar-refractivity contribution in [1.29, 1.82) is 0 Å². The summed E-state index contributed by atoms with van der Waals surface area (Å²) < 4.78 is 4.90. The van der Waals surface area contributed by atoms with Crippen LogP contribution in [0.4, 0.5) is 10.6 Å². The summed E-state index contributed by atoms with van der Waals surface area (Å²) in [6.45, 7) is 6.48. The van der Waals surface area contributed by atoms with E-state index in [1.165, 1.54) is 0 Å². The maximum atomic E-state index is 11.9. The van der Waals surface area contributed by atoms with Gasteiger partial charge in [0, 0.05) is 45.3 Å². The molecule has 0 saturated carbocycles. The minimum atomic E-state index is -0.129. The molecule has 0 aliphatic carbocycles. The number of urea groups is 1. The predicted octanol–water partition coefficient (Wildman–Crippen LogP) is 0.0912. The molecule has 1 aliphatic rings. The fourth-order valence-corrected chi connectivity index (χ4v) is 1.97. The van der Waals surface area contributed by atoms with Crippen molar-refractivity contribution < 1.29 is 9.32 Å². The summed E-state index contributed by atoms with van der Waals surface area (Å²) >= 11 is 0. The van der Waals surface area contributed by atoms with Gasteiger partial charge in [0.05, 0.1) is 0 Å². The molecule has 0 radical (unpaired) electrons. The zero-order valence-electron chi connectivity index (χ0n) is 10.6. The highest BCUT2D eigenvalue weighted by Crippen LogP contribution is 2.09. The zero-order valence-corrected chi connectivity index (χ0v) is 10.6. The molecule has 0 atom stereocenters. The van der Waals surface area contributed by atoms with E-state index in [1.807, 2.05) is 0 Å².